The lowest BCUT2D eigenvalue weighted by Gasteiger charge is -2.11. The fourth-order valence-corrected chi connectivity index (χ4v) is 3.21. The average Bonchev–Trinajstić information content (AvgIpc) is 3.26. The van der Waals surface area contributed by atoms with Crippen LogP contribution in [0.1, 0.15) is 21.7 Å². The summed E-state index contributed by atoms with van der Waals surface area (Å²) in [6, 6.07) is 15.6. The number of nitrogens with zero attached hydrogens (tertiary/aromatic N) is 3. The molecule has 0 aliphatic heterocycles. The van der Waals surface area contributed by atoms with Crippen LogP contribution in [-0.2, 0) is 12.7 Å². The predicted octanol–water partition coefficient (Wildman–Crippen LogP) is 4.36. The van der Waals surface area contributed by atoms with E-state index in [1.54, 1.807) is 55.6 Å². The molecule has 0 radical (unpaired) electrons. The summed E-state index contributed by atoms with van der Waals surface area (Å²) in [6.45, 7) is 0.174. The monoisotopic (exact) mass is 456 g/mol. The van der Waals surface area contributed by atoms with E-state index in [2.05, 4.69) is 15.4 Å². The highest BCUT2D eigenvalue weighted by molar-refractivity contribution is 5.93. The Morgan fingerprint density at radius 3 is 2.15 bits per heavy atom. The summed E-state index contributed by atoms with van der Waals surface area (Å²) in [5, 5.41) is 6.52. The van der Waals surface area contributed by atoms with Gasteiger partial charge in [-0.05, 0) is 48.0 Å². The van der Waals surface area contributed by atoms with E-state index >= 15 is 0 Å². The highest BCUT2D eigenvalue weighted by Crippen LogP contribution is 2.32. The number of carbonyl (C=O) groups excluding carboxylic acids is 1. The Kier molecular flexibility index (Phi) is 5.91. The first-order valence-electron chi connectivity index (χ1n) is 9.82. The van der Waals surface area contributed by atoms with Gasteiger partial charge in [-0.3, -0.25) is 4.79 Å². The van der Waals surface area contributed by atoms with Gasteiger partial charge in [0.05, 0.1) is 19.9 Å². The number of hydrogen-bond donors (Lipinski definition) is 1. The molecular weight excluding hydrogens is 437 g/mol. The number of rotatable bonds is 6. The number of benzene rings is 2. The van der Waals surface area contributed by atoms with Gasteiger partial charge in [-0.1, -0.05) is 12.1 Å². The second-order valence-electron chi connectivity index (χ2n) is 7.08. The van der Waals surface area contributed by atoms with Gasteiger partial charge in [-0.2, -0.15) is 18.3 Å². The molecule has 0 spiro atoms. The van der Waals surface area contributed by atoms with E-state index in [4.69, 9.17) is 9.47 Å². The fraction of sp³-hybridized carbons (Fsp3) is 0.174. The summed E-state index contributed by atoms with van der Waals surface area (Å²) in [4.78, 5) is 16.8. The normalized spacial score (nSPS) is 11.4. The van der Waals surface area contributed by atoms with Crippen molar-refractivity contribution in [3.05, 3.63) is 77.6 Å². The first-order valence-corrected chi connectivity index (χ1v) is 9.82. The Balaban J connectivity index is 1.65. The molecule has 2 aromatic heterocycles. The molecule has 0 atom stereocenters. The Bertz CT molecular complexity index is 1280. The van der Waals surface area contributed by atoms with Crippen LogP contribution in [0, 0.1) is 0 Å². The topological polar surface area (TPSA) is 77.8 Å². The van der Waals surface area contributed by atoms with E-state index in [9.17, 15) is 18.0 Å². The molecule has 0 aliphatic rings. The van der Waals surface area contributed by atoms with Crippen molar-refractivity contribution in [3.63, 3.8) is 0 Å². The minimum absolute atomic E-state index is 0.0924. The summed E-state index contributed by atoms with van der Waals surface area (Å²) in [6.07, 6.45) is -4.70. The summed E-state index contributed by atoms with van der Waals surface area (Å²) < 4.78 is 52.1. The molecule has 10 heteroatoms. The molecule has 2 heterocycles. The van der Waals surface area contributed by atoms with Crippen molar-refractivity contribution in [2.45, 2.75) is 12.7 Å². The Hall–Kier alpha value is -4.08. The Morgan fingerprint density at radius 2 is 1.58 bits per heavy atom. The molecule has 4 aromatic rings. The van der Waals surface area contributed by atoms with Crippen LogP contribution in [0.2, 0.25) is 0 Å². The van der Waals surface area contributed by atoms with Crippen molar-refractivity contribution in [2.75, 3.05) is 14.2 Å². The maximum Gasteiger partial charge on any atom is 0.433 e. The van der Waals surface area contributed by atoms with Crippen molar-refractivity contribution in [2.24, 2.45) is 0 Å². The Labute approximate surface area is 186 Å². The van der Waals surface area contributed by atoms with Crippen molar-refractivity contribution in [3.8, 4) is 22.8 Å². The number of ether oxygens (including phenoxy) is 2. The zero-order valence-electron chi connectivity index (χ0n) is 17.7. The van der Waals surface area contributed by atoms with Crippen LogP contribution in [0.4, 0.5) is 13.2 Å². The summed E-state index contributed by atoms with van der Waals surface area (Å²) in [5.74, 6) is 0.621. The van der Waals surface area contributed by atoms with Crippen LogP contribution in [0.5, 0.6) is 11.5 Å². The smallest absolute Gasteiger partial charge is 0.433 e. The van der Waals surface area contributed by atoms with Gasteiger partial charge in [0, 0.05) is 18.2 Å². The zero-order chi connectivity index (χ0) is 23.6. The third-order valence-corrected chi connectivity index (χ3v) is 4.95. The molecule has 1 N–H and O–H groups in total. The average molecular weight is 456 g/mol. The number of alkyl halides is 3. The SMILES string of the molecule is COc1ccc(CNC(=O)c2cc3nc(-c4ccc(OC)cc4)cc(C(F)(F)F)n3n2)cc1. The van der Waals surface area contributed by atoms with E-state index in [0.717, 1.165) is 11.6 Å². The van der Waals surface area contributed by atoms with Gasteiger partial charge in [0.15, 0.2) is 17.0 Å². The predicted molar refractivity (Wildman–Crippen MR) is 114 cm³/mol. The molecule has 7 nitrogen and oxygen atoms in total. The molecule has 0 fully saturated rings. The minimum Gasteiger partial charge on any atom is -0.497 e. The van der Waals surface area contributed by atoms with Gasteiger partial charge >= 0.3 is 6.18 Å². The lowest BCUT2D eigenvalue weighted by atomic mass is 10.1. The molecule has 1 amide bonds. The first-order chi connectivity index (χ1) is 15.8. The van der Waals surface area contributed by atoms with Gasteiger partial charge in [-0.25, -0.2) is 9.50 Å². The summed E-state index contributed by atoms with van der Waals surface area (Å²) >= 11 is 0. The molecule has 0 saturated heterocycles. The highest BCUT2D eigenvalue weighted by Gasteiger charge is 2.35. The fourth-order valence-electron chi connectivity index (χ4n) is 3.21. The molecule has 0 bridgehead atoms. The van der Waals surface area contributed by atoms with Gasteiger partial charge in [0.1, 0.15) is 11.5 Å². The second kappa shape index (κ2) is 8.81. The number of methoxy groups -OCH3 is 2. The van der Waals surface area contributed by atoms with Crippen molar-refractivity contribution < 1.29 is 27.4 Å². The lowest BCUT2D eigenvalue weighted by Crippen LogP contribution is -2.23. The molecular formula is C23H19F3N4O3. The van der Waals surface area contributed by atoms with E-state index in [0.29, 0.717) is 21.6 Å². The maximum absolute atomic E-state index is 13.8. The zero-order valence-corrected chi connectivity index (χ0v) is 17.7. The van der Waals surface area contributed by atoms with Crippen LogP contribution < -0.4 is 14.8 Å². The number of fused-ring (bicyclic) bond motifs is 1. The van der Waals surface area contributed by atoms with Crippen LogP contribution in [-0.4, -0.2) is 34.7 Å². The number of carbonyl (C=O) groups is 1. The molecule has 2 aromatic carbocycles. The van der Waals surface area contributed by atoms with Gasteiger partial charge in [0.2, 0.25) is 0 Å². The van der Waals surface area contributed by atoms with Gasteiger partial charge < -0.3 is 14.8 Å². The maximum atomic E-state index is 13.8. The molecule has 170 valence electrons. The molecule has 4 rings (SSSR count). The second-order valence-corrected chi connectivity index (χ2v) is 7.08. The number of hydrogen-bond acceptors (Lipinski definition) is 5. The lowest BCUT2D eigenvalue weighted by molar-refractivity contribution is -0.142. The number of halogens is 3. The Morgan fingerprint density at radius 1 is 0.970 bits per heavy atom. The first kappa shape index (κ1) is 22.1. The van der Waals surface area contributed by atoms with Crippen LogP contribution in [0.3, 0.4) is 0 Å². The van der Waals surface area contributed by atoms with Crippen molar-refractivity contribution in [1.82, 2.24) is 19.9 Å². The minimum atomic E-state index is -4.70. The van der Waals surface area contributed by atoms with E-state index in [1.165, 1.54) is 13.2 Å². The molecule has 0 saturated carbocycles. The van der Waals surface area contributed by atoms with E-state index in [1.807, 2.05) is 0 Å². The third-order valence-electron chi connectivity index (χ3n) is 4.95. The summed E-state index contributed by atoms with van der Waals surface area (Å²) in [7, 11) is 3.04. The highest BCUT2D eigenvalue weighted by atomic mass is 19.4. The van der Waals surface area contributed by atoms with E-state index < -0.39 is 17.8 Å². The number of amides is 1. The summed E-state index contributed by atoms with van der Waals surface area (Å²) in [5.41, 5.74) is 0.0630. The van der Waals surface area contributed by atoms with Gasteiger partial charge in [-0.15, -0.1) is 0 Å². The quantitative estimate of drug-likeness (QED) is 0.467. The van der Waals surface area contributed by atoms with Crippen molar-refractivity contribution >= 4 is 11.6 Å². The number of nitrogens with one attached hydrogen (secondary N) is 1. The molecule has 33 heavy (non-hydrogen) atoms. The van der Waals surface area contributed by atoms with Crippen LogP contribution in [0.15, 0.2) is 60.7 Å². The molecule has 0 unspecified atom stereocenters. The van der Waals surface area contributed by atoms with Crippen LogP contribution in [0.25, 0.3) is 16.9 Å². The third kappa shape index (κ3) is 4.74. The van der Waals surface area contributed by atoms with Crippen LogP contribution >= 0.6 is 0 Å². The largest absolute Gasteiger partial charge is 0.497 e. The van der Waals surface area contributed by atoms with Crippen molar-refractivity contribution in [1.29, 1.82) is 0 Å². The molecule has 0 aliphatic carbocycles. The standard InChI is InChI=1S/C23H19F3N4O3/c1-32-16-7-3-14(4-8-16)13-27-22(31)19-12-21-28-18(15-5-9-17(33-2)10-6-15)11-20(23(24,25)26)30(21)29-19/h3-12H,13H2,1-2H3,(H,27,31). The van der Waals surface area contributed by atoms with Gasteiger partial charge in [0.25, 0.3) is 5.91 Å². The van der Waals surface area contributed by atoms with E-state index in [-0.39, 0.29) is 23.6 Å². The number of aromatic nitrogens is 3.